The van der Waals surface area contributed by atoms with Crippen molar-refractivity contribution in [1.29, 1.82) is 0 Å². The van der Waals surface area contributed by atoms with Gasteiger partial charge in [-0.05, 0) is 12.1 Å². The fourth-order valence-corrected chi connectivity index (χ4v) is 2.72. The average Bonchev–Trinajstić information content (AvgIpc) is 2.84. The van der Waals surface area contributed by atoms with Crippen molar-refractivity contribution in [2.45, 2.75) is 13.2 Å². The molecule has 0 radical (unpaired) electrons. The smallest absolute Gasteiger partial charge is 0.238 e. The number of benzene rings is 2. The molecule has 0 saturated carbocycles. The van der Waals surface area contributed by atoms with Crippen LogP contribution in [0.4, 0.5) is 0 Å². The Hall–Kier alpha value is -2.62. The minimum absolute atomic E-state index is 0.152. The number of hydrogen-bond donors (Lipinski definition) is 0. The summed E-state index contributed by atoms with van der Waals surface area (Å²) in [7, 11) is 0. The summed E-state index contributed by atoms with van der Waals surface area (Å²) in [6, 6.07) is 10.1. The van der Waals surface area contributed by atoms with E-state index < -0.39 is 6.29 Å². The third kappa shape index (κ3) is 1.30. The van der Waals surface area contributed by atoms with Gasteiger partial charge in [0.15, 0.2) is 23.1 Å². The van der Waals surface area contributed by atoms with Gasteiger partial charge in [0.25, 0.3) is 0 Å². The Morgan fingerprint density at radius 1 is 0.850 bits per heavy atom. The summed E-state index contributed by atoms with van der Waals surface area (Å²) in [5, 5.41) is 0. The van der Waals surface area contributed by atoms with E-state index in [1.54, 1.807) is 43.3 Å². The molecule has 1 aliphatic carbocycles. The van der Waals surface area contributed by atoms with Crippen LogP contribution in [0.25, 0.3) is 0 Å². The van der Waals surface area contributed by atoms with Crippen LogP contribution in [-0.4, -0.2) is 17.9 Å². The number of rotatable bonds is 0. The molecular formula is C16H10O4. The van der Waals surface area contributed by atoms with Gasteiger partial charge in [0, 0.05) is 23.6 Å². The van der Waals surface area contributed by atoms with Gasteiger partial charge in [-0.1, -0.05) is 24.3 Å². The lowest BCUT2D eigenvalue weighted by atomic mass is 9.83. The molecule has 1 heterocycles. The van der Waals surface area contributed by atoms with Crippen LogP contribution < -0.4 is 9.47 Å². The minimum atomic E-state index is -0.448. The molecule has 1 atom stereocenters. The molecule has 4 heteroatoms. The topological polar surface area (TPSA) is 52.6 Å². The molecule has 4 nitrogen and oxygen atoms in total. The van der Waals surface area contributed by atoms with Crippen molar-refractivity contribution >= 4 is 11.6 Å². The lowest BCUT2D eigenvalue weighted by Crippen LogP contribution is -2.21. The third-order valence-electron chi connectivity index (χ3n) is 3.59. The summed E-state index contributed by atoms with van der Waals surface area (Å²) in [6.07, 6.45) is -0.448. The molecule has 0 bridgehead atoms. The fraction of sp³-hybridized carbons (Fsp3) is 0.125. The van der Waals surface area contributed by atoms with Crippen LogP contribution in [-0.2, 0) is 0 Å². The Kier molecular flexibility index (Phi) is 2.07. The monoisotopic (exact) mass is 266 g/mol. The number of ketones is 2. The average molecular weight is 266 g/mol. The standard InChI is InChI=1S/C16H10O4/c1-8-19-12-7-6-11-13(16(12)20-8)15(18)10-5-3-2-4-9(10)14(11)17/h2-8H,1H3/t8-/m1/s1. The van der Waals surface area contributed by atoms with Crippen LogP contribution in [0.1, 0.15) is 38.8 Å². The molecule has 0 fully saturated rings. The van der Waals surface area contributed by atoms with Crippen LogP contribution >= 0.6 is 0 Å². The van der Waals surface area contributed by atoms with Crippen LogP contribution in [0, 0.1) is 0 Å². The SMILES string of the molecule is C[C@@H]1Oc2ccc3c(c2O1)C(=O)c1ccccc1C3=O. The molecule has 98 valence electrons. The number of carbonyl (C=O) groups is 2. The highest BCUT2D eigenvalue weighted by Gasteiger charge is 2.36. The van der Waals surface area contributed by atoms with Gasteiger partial charge in [-0.25, -0.2) is 0 Å². The van der Waals surface area contributed by atoms with Gasteiger partial charge in [-0.15, -0.1) is 0 Å². The van der Waals surface area contributed by atoms with E-state index in [1.165, 1.54) is 0 Å². The van der Waals surface area contributed by atoms with E-state index in [0.717, 1.165) is 0 Å². The molecule has 0 amide bonds. The summed E-state index contributed by atoms with van der Waals surface area (Å²) >= 11 is 0. The molecule has 1 aliphatic heterocycles. The first-order valence-electron chi connectivity index (χ1n) is 6.35. The second kappa shape index (κ2) is 3.70. The van der Waals surface area contributed by atoms with Gasteiger partial charge in [-0.3, -0.25) is 9.59 Å². The molecule has 0 aromatic heterocycles. The molecular weight excluding hydrogens is 256 g/mol. The lowest BCUT2D eigenvalue weighted by molar-refractivity contribution is 0.0670. The first-order valence-corrected chi connectivity index (χ1v) is 6.35. The van der Waals surface area contributed by atoms with Crippen molar-refractivity contribution < 1.29 is 19.1 Å². The molecule has 0 N–H and O–H groups in total. The highest BCUT2D eigenvalue weighted by atomic mass is 16.7. The van der Waals surface area contributed by atoms with Crippen LogP contribution in [0.3, 0.4) is 0 Å². The second-order valence-electron chi connectivity index (χ2n) is 4.82. The Morgan fingerprint density at radius 3 is 2.30 bits per heavy atom. The van der Waals surface area contributed by atoms with Crippen molar-refractivity contribution in [1.82, 2.24) is 0 Å². The van der Waals surface area contributed by atoms with Crippen LogP contribution in [0.2, 0.25) is 0 Å². The second-order valence-corrected chi connectivity index (χ2v) is 4.82. The van der Waals surface area contributed by atoms with E-state index in [9.17, 15) is 9.59 Å². The Balaban J connectivity index is 2.01. The van der Waals surface area contributed by atoms with Gasteiger partial charge >= 0.3 is 0 Å². The third-order valence-corrected chi connectivity index (χ3v) is 3.59. The predicted octanol–water partition coefficient (Wildman–Crippen LogP) is 2.58. The van der Waals surface area contributed by atoms with Gasteiger partial charge in [-0.2, -0.15) is 0 Å². The van der Waals surface area contributed by atoms with Gasteiger partial charge in [0.05, 0.1) is 5.56 Å². The van der Waals surface area contributed by atoms with E-state index in [1.807, 2.05) is 0 Å². The van der Waals surface area contributed by atoms with E-state index in [2.05, 4.69) is 0 Å². The van der Waals surface area contributed by atoms with E-state index >= 15 is 0 Å². The van der Waals surface area contributed by atoms with Crippen molar-refractivity contribution in [3.63, 3.8) is 0 Å². The summed E-state index contributed by atoms with van der Waals surface area (Å²) in [4.78, 5) is 25.1. The maximum atomic E-state index is 12.6. The molecule has 2 aromatic carbocycles. The zero-order valence-corrected chi connectivity index (χ0v) is 10.7. The molecule has 0 spiro atoms. The summed E-state index contributed by atoms with van der Waals surface area (Å²) < 4.78 is 11.0. The highest BCUT2D eigenvalue weighted by molar-refractivity contribution is 6.29. The molecule has 2 aromatic rings. The van der Waals surface area contributed by atoms with Crippen molar-refractivity contribution in [3.05, 3.63) is 58.7 Å². The maximum absolute atomic E-state index is 12.6. The molecule has 4 rings (SSSR count). The molecule has 0 saturated heterocycles. The number of fused-ring (bicyclic) bond motifs is 4. The molecule has 2 aliphatic rings. The number of hydrogen-bond acceptors (Lipinski definition) is 4. The summed E-state index contributed by atoms with van der Waals surface area (Å²) in [5.74, 6) is 0.547. The van der Waals surface area contributed by atoms with Crippen LogP contribution in [0.15, 0.2) is 36.4 Å². The summed E-state index contributed by atoms with van der Waals surface area (Å²) in [6.45, 7) is 1.75. The minimum Gasteiger partial charge on any atom is -0.451 e. The van der Waals surface area contributed by atoms with E-state index in [4.69, 9.17) is 9.47 Å². The number of carbonyl (C=O) groups excluding carboxylic acids is 2. The van der Waals surface area contributed by atoms with Gasteiger partial charge in [0.1, 0.15) is 0 Å². The Morgan fingerprint density at radius 2 is 1.55 bits per heavy atom. The largest absolute Gasteiger partial charge is 0.451 e. The van der Waals surface area contributed by atoms with E-state index in [0.29, 0.717) is 33.8 Å². The van der Waals surface area contributed by atoms with Gasteiger partial charge in [0.2, 0.25) is 6.29 Å². The Labute approximate surface area is 114 Å². The Bertz CT molecular complexity index is 776. The van der Waals surface area contributed by atoms with Gasteiger partial charge < -0.3 is 9.47 Å². The zero-order chi connectivity index (χ0) is 13.9. The first-order chi connectivity index (χ1) is 9.66. The van der Waals surface area contributed by atoms with Crippen molar-refractivity contribution in [2.24, 2.45) is 0 Å². The predicted molar refractivity (Wildman–Crippen MR) is 70.5 cm³/mol. The summed E-state index contributed by atoms with van der Waals surface area (Å²) in [5.41, 5.74) is 1.55. The lowest BCUT2D eigenvalue weighted by Gasteiger charge is -2.18. The quantitative estimate of drug-likeness (QED) is 0.627. The molecule has 0 unspecified atom stereocenters. The molecule has 20 heavy (non-hydrogen) atoms. The zero-order valence-electron chi connectivity index (χ0n) is 10.7. The first kappa shape index (κ1) is 11.2. The normalized spacial score (nSPS) is 18.8. The van der Waals surface area contributed by atoms with Crippen molar-refractivity contribution in [2.75, 3.05) is 0 Å². The maximum Gasteiger partial charge on any atom is 0.238 e. The fourth-order valence-electron chi connectivity index (χ4n) is 2.72. The van der Waals surface area contributed by atoms with Crippen molar-refractivity contribution in [3.8, 4) is 11.5 Å². The van der Waals surface area contributed by atoms with E-state index in [-0.39, 0.29) is 11.6 Å². The van der Waals surface area contributed by atoms with Crippen LogP contribution in [0.5, 0.6) is 11.5 Å². The number of ether oxygens (including phenoxy) is 2. The highest BCUT2D eigenvalue weighted by Crippen LogP contribution is 2.43.